The number of hydrogen-bond acceptors (Lipinski definition) is 4. The molecular formula is C12H16FN3O. The van der Waals surface area contributed by atoms with Gasteiger partial charge in [-0.15, -0.1) is 0 Å². The van der Waals surface area contributed by atoms with Crippen LogP contribution in [0.3, 0.4) is 0 Å². The Balaban J connectivity index is 2.89. The van der Waals surface area contributed by atoms with Crippen LogP contribution in [0, 0.1) is 6.92 Å². The van der Waals surface area contributed by atoms with E-state index in [0.29, 0.717) is 11.6 Å². The Morgan fingerprint density at radius 2 is 2.29 bits per heavy atom. The van der Waals surface area contributed by atoms with Crippen molar-refractivity contribution in [3.8, 4) is 5.88 Å². The third-order valence-electron chi connectivity index (χ3n) is 2.15. The average Bonchev–Trinajstić information content (AvgIpc) is 2.29. The Hall–Kier alpha value is -1.88. The fraction of sp³-hybridized carbons (Fsp3) is 0.250. The van der Waals surface area contributed by atoms with E-state index in [2.05, 4.69) is 10.4 Å². The van der Waals surface area contributed by atoms with Gasteiger partial charge in [-0.3, -0.25) is 5.84 Å². The van der Waals surface area contributed by atoms with Crippen LogP contribution < -0.4 is 16.0 Å². The van der Waals surface area contributed by atoms with Crippen molar-refractivity contribution in [1.29, 1.82) is 0 Å². The Kier molecular flexibility index (Phi) is 4.66. The summed E-state index contributed by atoms with van der Waals surface area (Å²) in [6.45, 7) is 5.13. The number of allylic oxidation sites excluding steroid dienone is 4. The van der Waals surface area contributed by atoms with Crippen LogP contribution >= 0.6 is 0 Å². The third kappa shape index (κ3) is 3.57. The zero-order valence-electron chi connectivity index (χ0n) is 10.1. The molecule has 1 heterocycles. The molecule has 17 heavy (non-hydrogen) atoms. The summed E-state index contributed by atoms with van der Waals surface area (Å²) in [7, 11) is 0. The van der Waals surface area contributed by atoms with Gasteiger partial charge in [-0.05, 0) is 32.4 Å². The molecule has 5 heteroatoms. The Morgan fingerprint density at radius 1 is 1.59 bits per heavy atom. The first kappa shape index (κ1) is 13.2. The van der Waals surface area contributed by atoms with E-state index in [1.54, 1.807) is 26.0 Å². The van der Waals surface area contributed by atoms with Crippen molar-refractivity contribution in [3.63, 3.8) is 0 Å². The number of nitrogens with one attached hydrogen (secondary N) is 1. The number of rotatable bonds is 4. The molecule has 0 unspecified atom stereocenters. The van der Waals surface area contributed by atoms with Crippen LogP contribution in [0.4, 0.5) is 10.1 Å². The zero-order valence-corrected chi connectivity index (χ0v) is 10.1. The Bertz CT molecular complexity index is 455. The van der Waals surface area contributed by atoms with Gasteiger partial charge in [0.1, 0.15) is 5.76 Å². The molecule has 0 fully saturated rings. The maximum absolute atomic E-state index is 13.3. The minimum Gasteiger partial charge on any atom is -0.441 e. The highest BCUT2D eigenvalue weighted by atomic mass is 19.1. The van der Waals surface area contributed by atoms with Crippen molar-refractivity contribution in [2.75, 3.05) is 5.43 Å². The molecule has 0 aromatic carbocycles. The second kappa shape index (κ2) is 6.00. The topological polar surface area (TPSA) is 60.2 Å². The van der Waals surface area contributed by atoms with Gasteiger partial charge in [0.2, 0.25) is 5.88 Å². The van der Waals surface area contributed by atoms with Crippen molar-refractivity contribution in [1.82, 2.24) is 4.98 Å². The van der Waals surface area contributed by atoms with Crippen molar-refractivity contribution in [2.45, 2.75) is 20.8 Å². The molecule has 0 atom stereocenters. The van der Waals surface area contributed by atoms with Crippen molar-refractivity contribution in [3.05, 3.63) is 41.6 Å². The van der Waals surface area contributed by atoms with Crippen molar-refractivity contribution < 1.29 is 9.13 Å². The van der Waals surface area contributed by atoms with E-state index in [1.165, 1.54) is 12.3 Å². The second-order valence-electron chi connectivity index (χ2n) is 3.49. The van der Waals surface area contributed by atoms with Gasteiger partial charge in [0, 0.05) is 6.07 Å². The smallest absolute Gasteiger partial charge is 0.219 e. The van der Waals surface area contributed by atoms with Crippen LogP contribution in [0.15, 0.2) is 36.0 Å². The quantitative estimate of drug-likeness (QED) is 0.366. The largest absolute Gasteiger partial charge is 0.441 e. The summed E-state index contributed by atoms with van der Waals surface area (Å²) in [6, 6.07) is 1.68. The summed E-state index contributed by atoms with van der Waals surface area (Å²) in [4.78, 5) is 4.00. The van der Waals surface area contributed by atoms with Gasteiger partial charge in [-0.2, -0.15) is 0 Å². The molecule has 3 N–H and O–H groups in total. The fourth-order valence-corrected chi connectivity index (χ4v) is 1.21. The summed E-state index contributed by atoms with van der Waals surface area (Å²) < 4.78 is 18.6. The normalized spacial score (nSPS) is 12.5. The summed E-state index contributed by atoms with van der Waals surface area (Å²) in [5, 5.41) is 0. The molecule has 1 aromatic heterocycles. The van der Waals surface area contributed by atoms with Crippen LogP contribution in [0.2, 0.25) is 0 Å². The third-order valence-corrected chi connectivity index (χ3v) is 2.15. The molecule has 0 aliphatic heterocycles. The van der Waals surface area contributed by atoms with Crippen molar-refractivity contribution in [2.24, 2.45) is 5.84 Å². The van der Waals surface area contributed by atoms with Crippen LogP contribution in [0.1, 0.15) is 19.4 Å². The molecular weight excluding hydrogens is 221 g/mol. The number of hydrogen-bond donors (Lipinski definition) is 2. The summed E-state index contributed by atoms with van der Waals surface area (Å²) >= 11 is 0. The highest BCUT2D eigenvalue weighted by Crippen LogP contribution is 2.20. The number of halogens is 1. The predicted octanol–water partition coefficient (Wildman–Crippen LogP) is 2.83. The van der Waals surface area contributed by atoms with Gasteiger partial charge in [0.25, 0.3) is 0 Å². The fourth-order valence-electron chi connectivity index (χ4n) is 1.21. The molecule has 0 saturated carbocycles. The minimum atomic E-state index is -0.423. The zero-order chi connectivity index (χ0) is 12.8. The highest BCUT2D eigenvalue weighted by Gasteiger charge is 2.04. The molecule has 0 bridgehead atoms. The van der Waals surface area contributed by atoms with Gasteiger partial charge in [-0.25, -0.2) is 9.37 Å². The maximum atomic E-state index is 13.3. The number of aryl methyl sites for hydroxylation is 1. The molecule has 1 aromatic rings. The highest BCUT2D eigenvalue weighted by molar-refractivity contribution is 5.49. The molecule has 4 nitrogen and oxygen atoms in total. The Morgan fingerprint density at radius 3 is 2.82 bits per heavy atom. The lowest BCUT2D eigenvalue weighted by Gasteiger charge is -2.08. The van der Waals surface area contributed by atoms with Crippen LogP contribution in [-0.2, 0) is 0 Å². The lowest BCUT2D eigenvalue weighted by Crippen LogP contribution is -2.08. The summed E-state index contributed by atoms with van der Waals surface area (Å²) in [5.74, 6) is 5.36. The van der Waals surface area contributed by atoms with Gasteiger partial charge in [0.05, 0.1) is 11.9 Å². The molecule has 0 saturated heterocycles. The Labute approximate surface area is 100.0 Å². The van der Waals surface area contributed by atoms with E-state index in [9.17, 15) is 4.39 Å². The molecule has 0 amide bonds. The first-order valence-electron chi connectivity index (χ1n) is 5.18. The van der Waals surface area contributed by atoms with Crippen LogP contribution in [0.5, 0.6) is 5.88 Å². The van der Waals surface area contributed by atoms with E-state index >= 15 is 0 Å². The van der Waals surface area contributed by atoms with Crippen LogP contribution in [-0.4, -0.2) is 4.98 Å². The van der Waals surface area contributed by atoms with E-state index in [-0.39, 0.29) is 5.76 Å². The van der Waals surface area contributed by atoms with Crippen LogP contribution in [0.25, 0.3) is 0 Å². The van der Waals surface area contributed by atoms with E-state index in [0.717, 1.165) is 5.56 Å². The van der Waals surface area contributed by atoms with Gasteiger partial charge in [0.15, 0.2) is 5.83 Å². The predicted molar refractivity (Wildman–Crippen MR) is 66.0 cm³/mol. The summed E-state index contributed by atoms with van der Waals surface area (Å²) in [5.41, 5.74) is 4.08. The van der Waals surface area contributed by atoms with E-state index < -0.39 is 5.83 Å². The average molecular weight is 237 g/mol. The SMILES string of the molecule is C/C=C\C(F)=C(/C)Oc1cc(C)c(NN)cn1. The van der Waals surface area contributed by atoms with Crippen molar-refractivity contribution >= 4 is 5.69 Å². The molecule has 0 aliphatic carbocycles. The first-order chi connectivity index (χ1) is 8.08. The molecule has 92 valence electrons. The molecule has 0 spiro atoms. The lowest BCUT2D eigenvalue weighted by molar-refractivity contribution is 0.388. The first-order valence-corrected chi connectivity index (χ1v) is 5.18. The minimum absolute atomic E-state index is 0.170. The molecule has 0 aliphatic rings. The summed E-state index contributed by atoms with van der Waals surface area (Å²) in [6.07, 6.45) is 4.46. The monoisotopic (exact) mass is 237 g/mol. The van der Waals surface area contributed by atoms with Gasteiger partial charge in [-0.1, -0.05) is 6.08 Å². The van der Waals surface area contributed by atoms with E-state index in [4.69, 9.17) is 10.6 Å². The van der Waals surface area contributed by atoms with Gasteiger partial charge >= 0.3 is 0 Å². The number of nitrogens with zero attached hydrogens (tertiary/aromatic N) is 1. The maximum Gasteiger partial charge on any atom is 0.219 e. The number of ether oxygens (including phenoxy) is 1. The number of aromatic nitrogens is 1. The number of anilines is 1. The molecule has 1 rings (SSSR count). The number of pyridine rings is 1. The standard InChI is InChI=1S/C12H16FN3O/c1-4-5-10(13)9(3)17-12-6-8(2)11(16-14)7-15-12/h4-7,16H,14H2,1-3H3/b5-4-,10-9-. The molecule has 0 radical (unpaired) electrons. The number of nitrogens with two attached hydrogens (primary N) is 1. The number of nitrogen functional groups attached to an aromatic ring is 1. The number of hydrazine groups is 1. The van der Waals surface area contributed by atoms with E-state index in [1.807, 2.05) is 6.92 Å². The van der Waals surface area contributed by atoms with Gasteiger partial charge < -0.3 is 10.2 Å². The lowest BCUT2D eigenvalue weighted by atomic mass is 10.2. The second-order valence-corrected chi connectivity index (χ2v) is 3.49.